The highest BCUT2D eigenvalue weighted by Crippen LogP contribution is 2.36. The van der Waals surface area contributed by atoms with Crippen molar-refractivity contribution in [2.45, 2.75) is 39.3 Å². The third-order valence-electron chi connectivity index (χ3n) is 3.93. The van der Waals surface area contributed by atoms with Crippen LogP contribution in [0.3, 0.4) is 0 Å². The Morgan fingerprint density at radius 2 is 2.40 bits per heavy atom. The lowest BCUT2D eigenvalue weighted by atomic mass is 9.76. The number of rotatable bonds is 3. The lowest BCUT2D eigenvalue weighted by molar-refractivity contribution is -0.151. The SMILES string of the molecule is CC1(C)CCCN(Cc2ccnc(C#N)c2)C1C(=O)O. The highest BCUT2D eigenvalue weighted by Gasteiger charge is 2.42. The van der Waals surface area contributed by atoms with Crippen LogP contribution < -0.4 is 0 Å². The van der Waals surface area contributed by atoms with Crippen molar-refractivity contribution in [2.24, 2.45) is 5.41 Å². The van der Waals surface area contributed by atoms with Crippen molar-refractivity contribution in [3.8, 4) is 6.07 Å². The van der Waals surface area contributed by atoms with E-state index in [0.29, 0.717) is 12.2 Å². The molecule has 20 heavy (non-hydrogen) atoms. The molecule has 5 heteroatoms. The van der Waals surface area contributed by atoms with E-state index in [-0.39, 0.29) is 5.41 Å². The Hall–Kier alpha value is -1.93. The van der Waals surface area contributed by atoms with Crippen LogP contribution >= 0.6 is 0 Å². The molecule has 0 saturated carbocycles. The van der Waals surface area contributed by atoms with E-state index in [2.05, 4.69) is 4.98 Å². The third-order valence-corrected chi connectivity index (χ3v) is 3.93. The van der Waals surface area contributed by atoms with Crippen LogP contribution in [0, 0.1) is 16.7 Å². The lowest BCUT2D eigenvalue weighted by Crippen LogP contribution is -2.53. The Labute approximate surface area is 118 Å². The molecule has 1 unspecified atom stereocenters. The van der Waals surface area contributed by atoms with E-state index in [0.717, 1.165) is 24.9 Å². The van der Waals surface area contributed by atoms with Crippen LogP contribution in [-0.2, 0) is 11.3 Å². The van der Waals surface area contributed by atoms with Crippen molar-refractivity contribution < 1.29 is 9.90 Å². The maximum atomic E-state index is 11.6. The number of aliphatic carboxylic acids is 1. The van der Waals surface area contributed by atoms with Gasteiger partial charge in [0.1, 0.15) is 17.8 Å². The molecule has 0 bridgehead atoms. The van der Waals surface area contributed by atoms with Gasteiger partial charge < -0.3 is 5.11 Å². The van der Waals surface area contributed by atoms with Crippen molar-refractivity contribution in [3.63, 3.8) is 0 Å². The van der Waals surface area contributed by atoms with Gasteiger partial charge in [0.15, 0.2) is 0 Å². The predicted octanol–water partition coefficient (Wildman–Crippen LogP) is 2.03. The topological polar surface area (TPSA) is 77.2 Å². The molecule has 0 radical (unpaired) electrons. The predicted molar refractivity (Wildman–Crippen MR) is 73.8 cm³/mol. The largest absolute Gasteiger partial charge is 0.480 e. The van der Waals surface area contributed by atoms with Gasteiger partial charge in [0.25, 0.3) is 0 Å². The molecule has 1 aromatic rings. The zero-order valence-electron chi connectivity index (χ0n) is 11.8. The summed E-state index contributed by atoms with van der Waals surface area (Å²) in [4.78, 5) is 17.5. The summed E-state index contributed by atoms with van der Waals surface area (Å²) in [7, 11) is 0. The van der Waals surface area contributed by atoms with Crippen molar-refractivity contribution >= 4 is 5.97 Å². The summed E-state index contributed by atoms with van der Waals surface area (Å²) in [5.74, 6) is -0.774. The molecule has 0 amide bonds. The Bertz CT molecular complexity index is 548. The number of carboxylic acid groups (broad SMARTS) is 1. The number of hydrogen-bond acceptors (Lipinski definition) is 4. The van der Waals surface area contributed by atoms with E-state index < -0.39 is 12.0 Å². The molecular formula is C15H19N3O2. The molecular weight excluding hydrogens is 254 g/mol. The number of carboxylic acids is 1. The Morgan fingerprint density at radius 3 is 3.05 bits per heavy atom. The fourth-order valence-corrected chi connectivity index (χ4v) is 3.03. The number of nitriles is 1. The molecule has 0 spiro atoms. The number of pyridine rings is 1. The summed E-state index contributed by atoms with van der Waals surface area (Å²) in [5.41, 5.74) is 1.06. The summed E-state index contributed by atoms with van der Waals surface area (Å²) < 4.78 is 0. The van der Waals surface area contributed by atoms with E-state index in [9.17, 15) is 9.90 Å². The second-order valence-electron chi connectivity index (χ2n) is 5.96. The molecule has 106 valence electrons. The van der Waals surface area contributed by atoms with Crippen LogP contribution in [0.15, 0.2) is 18.3 Å². The quantitative estimate of drug-likeness (QED) is 0.911. The van der Waals surface area contributed by atoms with Crippen LogP contribution in [0.1, 0.15) is 37.9 Å². The number of aromatic nitrogens is 1. The van der Waals surface area contributed by atoms with Crippen LogP contribution in [0.25, 0.3) is 0 Å². The van der Waals surface area contributed by atoms with Gasteiger partial charge in [-0.25, -0.2) is 4.98 Å². The van der Waals surface area contributed by atoms with Gasteiger partial charge >= 0.3 is 5.97 Å². The molecule has 1 aliphatic rings. The minimum atomic E-state index is -0.774. The van der Waals surface area contributed by atoms with E-state index >= 15 is 0 Å². The van der Waals surface area contributed by atoms with Gasteiger partial charge in [-0.1, -0.05) is 13.8 Å². The smallest absolute Gasteiger partial charge is 0.321 e. The van der Waals surface area contributed by atoms with Gasteiger partial charge in [0, 0.05) is 12.7 Å². The molecule has 1 saturated heterocycles. The monoisotopic (exact) mass is 273 g/mol. The highest BCUT2D eigenvalue weighted by molar-refractivity contribution is 5.74. The Balaban J connectivity index is 2.22. The summed E-state index contributed by atoms with van der Waals surface area (Å²) in [6.45, 7) is 5.32. The van der Waals surface area contributed by atoms with Gasteiger partial charge in [-0.3, -0.25) is 9.69 Å². The maximum Gasteiger partial charge on any atom is 0.321 e. The summed E-state index contributed by atoms with van der Waals surface area (Å²) >= 11 is 0. The molecule has 2 heterocycles. The normalized spacial score (nSPS) is 22.1. The number of piperidine rings is 1. The Kier molecular flexibility index (Phi) is 4.05. The second kappa shape index (κ2) is 5.59. The van der Waals surface area contributed by atoms with Crippen LogP contribution in [0.2, 0.25) is 0 Å². The van der Waals surface area contributed by atoms with Gasteiger partial charge in [-0.15, -0.1) is 0 Å². The standard InChI is InChI=1S/C15H19N3O2/c1-15(2)5-3-7-18(13(15)14(19)20)10-11-4-6-17-12(8-11)9-16/h4,6,8,13H,3,5,7,10H2,1-2H3,(H,19,20). The minimum absolute atomic E-state index is 0.241. The first-order valence-electron chi connectivity index (χ1n) is 6.76. The van der Waals surface area contributed by atoms with Gasteiger partial charge in [0.05, 0.1) is 0 Å². The molecule has 2 rings (SSSR count). The van der Waals surface area contributed by atoms with E-state index in [1.807, 2.05) is 30.9 Å². The van der Waals surface area contributed by atoms with Crippen LogP contribution in [-0.4, -0.2) is 33.5 Å². The highest BCUT2D eigenvalue weighted by atomic mass is 16.4. The number of carbonyl (C=O) groups is 1. The molecule has 1 aliphatic heterocycles. The van der Waals surface area contributed by atoms with Crippen molar-refractivity contribution in [3.05, 3.63) is 29.6 Å². The molecule has 0 aromatic carbocycles. The lowest BCUT2D eigenvalue weighted by Gasteiger charge is -2.44. The molecule has 1 fully saturated rings. The van der Waals surface area contributed by atoms with Crippen molar-refractivity contribution in [1.29, 1.82) is 5.26 Å². The van der Waals surface area contributed by atoms with E-state index in [4.69, 9.17) is 5.26 Å². The first-order chi connectivity index (χ1) is 9.44. The average molecular weight is 273 g/mol. The summed E-state index contributed by atoms with van der Waals surface area (Å²) in [6, 6.07) is 5.08. The fourth-order valence-electron chi connectivity index (χ4n) is 3.03. The number of likely N-dealkylation sites (tertiary alicyclic amines) is 1. The molecule has 0 aliphatic carbocycles. The first kappa shape index (κ1) is 14.5. The average Bonchev–Trinajstić information content (AvgIpc) is 2.37. The van der Waals surface area contributed by atoms with Crippen molar-refractivity contribution in [2.75, 3.05) is 6.54 Å². The fraction of sp³-hybridized carbons (Fsp3) is 0.533. The summed E-state index contributed by atoms with van der Waals surface area (Å²) in [5, 5.41) is 18.4. The van der Waals surface area contributed by atoms with Gasteiger partial charge in [0.2, 0.25) is 0 Å². The van der Waals surface area contributed by atoms with Crippen LogP contribution in [0.4, 0.5) is 0 Å². The Morgan fingerprint density at radius 1 is 1.65 bits per heavy atom. The first-order valence-corrected chi connectivity index (χ1v) is 6.76. The summed E-state index contributed by atoms with van der Waals surface area (Å²) in [6.07, 6.45) is 3.51. The molecule has 1 aromatic heterocycles. The molecule has 1 atom stereocenters. The minimum Gasteiger partial charge on any atom is -0.480 e. The third kappa shape index (κ3) is 2.97. The zero-order chi connectivity index (χ0) is 14.8. The van der Waals surface area contributed by atoms with Crippen LogP contribution in [0.5, 0.6) is 0 Å². The number of nitrogens with zero attached hydrogens (tertiary/aromatic N) is 3. The number of hydrogen-bond donors (Lipinski definition) is 1. The van der Waals surface area contributed by atoms with E-state index in [1.165, 1.54) is 0 Å². The maximum absolute atomic E-state index is 11.6. The zero-order valence-corrected chi connectivity index (χ0v) is 11.8. The van der Waals surface area contributed by atoms with E-state index in [1.54, 1.807) is 12.3 Å². The van der Waals surface area contributed by atoms with Crippen molar-refractivity contribution in [1.82, 2.24) is 9.88 Å². The molecule has 1 N–H and O–H groups in total. The van der Waals surface area contributed by atoms with Gasteiger partial charge in [-0.05, 0) is 42.5 Å². The molecule has 5 nitrogen and oxygen atoms in total. The second-order valence-corrected chi connectivity index (χ2v) is 5.96. The van der Waals surface area contributed by atoms with Gasteiger partial charge in [-0.2, -0.15) is 5.26 Å².